The molecule has 2 heterocycles. The second-order valence-corrected chi connectivity index (χ2v) is 6.29. The summed E-state index contributed by atoms with van der Waals surface area (Å²) in [6.45, 7) is 5.50. The molecule has 1 aliphatic heterocycles. The van der Waals surface area contributed by atoms with Crippen molar-refractivity contribution in [2.45, 2.75) is 13.5 Å². The third-order valence-electron chi connectivity index (χ3n) is 3.72. The van der Waals surface area contributed by atoms with Crippen molar-refractivity contribution < 1.29 is 4.79 Å². The van der Waals surface area contributed by atoms with Gasteiger partial charge in [-0.1, -0.05) is 6.92 Å². The van der Waals surface area contributed by atoms with Crippen molar-refractivity contribution in [3.63, 3.8) is 0 Å². The van der Waals surface area contributed by atoms with E-state index in [2.05, 4.69) is 31.2 Å². The molecule has 2 rings (SSSR count). The Hall–Kier alpha value is -0.720. The molecular weight excluding hydrogens is 308 g/mol. The Morgan fingerprint density at radius 1 is 1.63 bits per heavy atom. The number of carbonyl (C=O) groups excluding carboxylic acids is 1. The zero-order valence-corrected chi connectivity index (χ0v) is 13.3. The van der Waals surface area contributed by atoms with Gasteiger partial charge in [0, 0.05) is 12.5 Å². The first-order valence-corrected chi connectivity index (χ1v) is 7.41. The van der Waals surface area contributed by atoms with Crippen LogP contribution in [-0.2, 0) is 6.54 Å². The minimum Gasteiger partial charge on any atom is -0.316 e. The minimum absolute atomic E-state index is 0.0485. The second kappa shape index (κ2) is 6.15. The lowest BCUT2D eigenvalue weighted by Crippen LogP contribution is -2.47. The first-order chi connectivity index (χ1) is 9.00. The summed E-state index contributed by atoms with van der Waals surface area (Å²) in [5, 5.41) is 7.52. The number of likely N-dealkylation sites (N-methyl/N-ethyl adjacent to an activating group) is 1. The normalized spacial score (nSPS) is 17.5. The predicted molar refractivity (Wildman–Crippen MR) is 78.3 cm³/mol. The number of carbonyl (C=O) groups is 1. The fraction of sp³-hybridized carbons (Fsp3) is 0.692. The standard InChI is InChI=1S/C13H21BrN4O/c1-9(10-6-15-7-10)13(19)12-11(14)8-16-18(12)5-4-17(2)3/h8-10,15H,4-7H2,1-3H3. The van der Waals surface area contributed by atoms with Crippen LogP contribution in [0.2, 0.25) is 0 Å². The number of rotatable bonds is 6. The lowest BCUT2D eigenvalue weighted by atomic mass is 9.85. The number of Topliss-reactive ketones (excluding diaryl/α,β-unsaturated/α-hetero) is 1. The van der Waals surface area contributed by atoms with Crippen molar-refractivity contribution >= 4 is 21.7 Å². The second-order valence-electron chi connectivity index (χ2n) is 5.44. The molecule has 1 N–H and O–H groups in total. The van der Waals surface area contributed by atoms with Gasteiger partial charge in [-0.15, -0.1) is 0 Å². The summed E-state index contributed by atoms with van der Waals surface area (Å²) in [6.07, 6.45) is 1.72. The fourth-order valence-electron chi connectivity index (χ4n) is 2.17. The Morgan fingerprint density at radius 2 is 2.32 bits per heavy atom. The molecule has 1 aromatic rings. The van der Waals surface area contributed by atoms with Gasteiger partial charge in [0.2, 0.25) is 0 Å². The quantitative estimate of drug-likeness (QED) is 0.798. The van der Waals surface area contributed by atoms with Crippen molar-refractivity contribution in [1.29, 1.82) is 0 Å². The van der Waals surface area contributed by atoms with Crippen molar-refractivity contribution in [3.05, 3.63) is 16.4 Å². The molecule has 0 amide bonds. The van der Waals surface area contributed by atoms with Gasteiger partial charge in [-0.25, -0.2) is 0 Å². The highest BCUT2D eigenvalue weighted by molar-refractivity contribution is 9.10. The van der Waals surface area contributed by atoms with E-state index in [1.807, 2.05) is 25.7 Å². The average Bonchev–Trinajstić information content (AvgIpc) is 2.64. The fourth-order valence-corrected chi connectivity index (χ4v) is 2.66. The molecule has 106 valence electrons. The molecule has 5 nitrogen and oxygen atoms in total. The van der Waals surface area contributed by atoms with Crippen molar-refractivity contribution in [3.8, 4) is 0 Å². The largest absolute Gasteiger partial charge is 0.316 e. The predicted octanol–water partition coefficient (Wildman–Crippen LogP) is 1.25. The van der Waals surface area contributed by atoms with E-state index in [0.29, 0.717) is 11.6 Å². The van der Waals surface area contributed by atoms with E-state index in [4.69, 9.17) is 0 Å². The third kappa shape index (κ3) is 3.24. The van der Waals surface area contributed by atoms with Gasteiger partial charge in [-0.2, -0.15) is 5.10 Å². The number of ketones is 1. The molecule has 0 bridgehead atoms. The van der Waals surface area contributed by atoms with Crippen molar-refractivity contribution in [2.24, 2.45) is 11.8 Å². The molecule has 0 spiro atoms. The number of hydrogen-bond donors (Lipinski definition) is 1. The molecule has 1 aliphatic rings. The Bertz CT molecular complexity index is 453. The maximum absolute atomic E-state index is 12.6. The van der Waals surface area contributed by atoms with E-state index in [9.17, 15) is 4.79 Å². The molecule has 0 aromatic carbocycles. The zero-order valence-electron chi connectivity index (χ0n) is 11.7. The summed E-state index contributed by atoms with van der Waals surface area (Å²) in [6, 6.07) is 0. The van der Waals surface area contributed by atoms with Gasteiger partial charge in [0.05, 0.1) is 17.2 Å². The molecule has 1 atom stereocenters. The highest BCUT2D eigenvalue weighted by atomic mass is 79.9. The molecule has 0 aliphatic carbocycles. The molecule has 0 radical (unpaired) electrons. The highest BCUT2D eigenvalue weighted by Crippen LogP contribution is 2.25. The monoisotopic (exact) mass is 328 g/mol. The van der Waals surface area contributed by atoms with Crippen LogP contribution in [-0.4, -0.2) is 54.2 Å². The van der Waals surface area contributed by atoms with Gasteiger partial charge >= 0.3 is 0 Å². The van der Waals surface area contributed by atoms with Crippen LogP contribution >= 0.6 is 15.9 Å². The summed E-state index contributed by atoms with van der Waals surface area (Å²) in [7, 11) is 4.03. The van der Waals surface area contributed by atoms with Crippen LogP contribution in [0.25, 0.3) is 0 Å². The van der Waals surface area contributed by atoms with Crippen molar-refractivity contribution in [2.75, 3.05) is 33.7 Å². The number of halogens is 1. The van der Waals surface area contributed by atoms with E-state index >= 15 is 0 Å². The van der Waals surface area contributed by atoms with Gasteiger partial charge in [-0.3, -0.25) is 9.48 Å². The number of hydrogen-bond acceptors (Lipinski definition) is 4. The zero-order chi connectivity index (χ0) is 14.0. The van der Waals surface area contributed by atoms with Gasteiger partial charge in [0.25, 0.3) is 0 Å². The van der Waals surface area contributed by atoms with Crippen LogP contribution in [0.3, 0.4) is 0 Å². The smallest absolute Gasteiger partial charge is 0.185 e. The summed E-state index contributed by atoms with van der Waals surface area (Å²) < 4.78 is 2.62. The Balaban J connectivity index is 2.13. The molecule has 1 saturated heterocycles. The van der Waals surface area contributed by atoms with Crippen LogP contribution < -0.4 is 5.32 Å². The van der Waals surface area contributed by atoms with E-state index in [1.165, 1.54) is 0 Å². The van der Waals surface area contributed by atoms with E-state index in [-0.39, 0.29) is 11.7 Å². The maximum atomic E-state index is 12.6. The van der Waals surface area contributed by atoms with Crippen molar-refractivity contribution in [1.82, 2.24) is 20.0 Å². The Morgan fingerprint density at radius 3 is 2.84 bits per heavy atom. The Labute approximate surface area is 122 Å². The van der Waals surface area contributed by atoms with Crippen LogP contribution in [0.1, 0.15) is 17.4 Å². The summed E-state index contributed by atoms with van der Waals surface area (Å²) in [4.78, 5) is 14.7. The number of nitrogens with one attached hydrogen (secondary N) is 1. The maximum Gasteiger partial charge on any atom is 0.185 e. The molecule has 0 saturated carbocycles. The molecular formula is C13H21BrN4O. The molecule has 19 heavy (non-hydrogen) atoms. The average molecular weight is 329 g/mol. The molecule has 1 unspecified atom stereocenters. The lowest BCUT2D eigenvalue weighted by molar-refractivity contribution is 0.0841. The van der Waals surface area contributed by atoms with E-state index in [1.54, 1.807) is 6.20 Å². The molecule has 1 aromatic heterocycles. The summed E-state index contributed by atoms with van der Waals surface area (Å²) in [5.74, 6) is 0.693. The Kier molecular flexibility index (Phi) is 4.76. The van der Waals surface area contributed by atoms with Gasteiger partial charge in [0.15, 0.2) is 5.78 Å². The minimum atomic E-state index is 0.0485. The first kappa shape index (κ1) is 14.7. The van der Waals surface area contributed by atoms with E-state index < -0.39 is 0 Å². The third-order valence-corrected chi connectivity index (χ3v) is 4.30. The molecule has 1 fully saturated rings. The summed E-state index contributed by atoms with van der Waals surface area (Å²) in [5.41, 5.74) is 0.709. The van der Waals surface area contributed by atoms with Crippen LogP contribution in [0, 0.1) is 11.8 Å². The lowest BCUT2D eigenvalue weighted by Gasteiger charge is -2.31. The highest BCUT2D eigenvalue weighted by Gasteiger charge is 2.32. The number of aromatic nitrogens is 2. The topological polar surface area (TPSA) is 50.2 Å². The molecule has 6 heteroatoms. The van der Waals surface area contributed by atoms with Gasteiger partial charge in [-0.05, 0) is 49.0 Å². The van der Waals surface area contributed by atoms with Gasteiger partial charge < -0.3 is 10.2 Å². The van der Waals surface area contributed by atoms with Gasteiger partial charge in [0.1, 0.15) is 5.69 Å². The van der Waals surface area contributed by atoms with Crippen LogP contribution in [0.5, 0.6) is 0 Å². The summed E-state index contributed by atoms with van der Waals surface area (Å²) >= 11 is 3.45. The number of nitrogens with zero attached hydrogens (tertiary/aromatic N) is 3. The van der Waals surface area contributed by atoms with E-state index in [0.717, 1.165) is 30.7 Å². The SMILES string of the molecule is CC(C(=O)c1c(Br)cnn1CCN(C)C)C1CNC1. The first-order valence-electron chi connectivity index (χ1n) is 6.61. The van der Waals surface area contributed by atoms with Crippen LogP contribution in [0.4, 0.5) is 0 Å². The van der Waals surface area contributed by atoms with Crippen LogP contribution in [0.15, 0.2) is 10.7 Å².